The van der Waals surface area contributed by atoms with Crippen molar-refractivity contribution in [2.24, 2.45) is 5.92 Å². The van der Waals surface area contributed by atoms with Crippen molar-refractivity contribution in [1.29, 1.82) is 5.26 Å². The maximum atomic E-state index is 13.2. The summed E-state index contributed by atoms with van der Waals surface area (Å²) in [5, 5.41) is 8.95. The van der Waals surface area contributed by atoms with Gasteiger partial charge in [0.15, 0.2) is 0 Å². The fraction of sp³-hybridized carbons (Fsp3) is 0.652. The van der Waals surface area contributed by atoms with Crippen molar-refractivity contribution in [3.8, 4) is 6.07 Å². The zero-order valence-electron chi connectivity index (χ0n) is 17.6. The van der Waals surface area contributed by atoms with Crippen LogP contribution in [-0.2, 0) is 4.79 Å². The fourth-order valence-electron chi connectivity index (χ4n) is 5.31. The number of halogens is 1. The number of hydrogen-bond donors (Lipinski definition) is 0. The summed E-state index contributed by atoms with van der Waals surface area (Å²) in [5.41, 5.74) is 1.85. The Morgan fingerprint density at radius 3 is 2.07 bits per heavy atom. The van der Waals surface area contributed by atoms with Crippen molar-refractivity contribution >= 4 is 24.0 Å². The quantitative estimate of drug-likeness (QED) is 0.754. The lowest BCUT2D eigenvalue weighted by molar-refractivity contribution is -0.142. The molecular weight excluding hydrogens is 384 g/mol. The monoisotopic (exact) mass is 416 g/mol. The van der Waals surface area contributed by atoms with Gasteiger partial charge in [0, 0.05) is 55.9 Å². The van der Waals surface area contributed by atoms with Gasteiger partial charge in [0.25, 0.3) is 0 Å². The summed E-state index contributed by atoms with van der Waals surface area (Å²) < 4.78 is 0. The van der Waals surface area contributed by atoms with Crippen LogP contribution in [0.4, 0.5) is 5.69 Å². The molecule has 1 aromatic carbocycles. The fourth-order valence-corrected chi connectivity index (χ4v) is 5.31. The summed E-state index contributed by atoms with van der Waals surface area (Å²) in [7, 11) is 0. The summed E-state index contributed by atoms with van der Waals surface area (Å²) in [6.07, 6.45) is 5.86. The van der Waals surface area contributed by atoms with Gasteiger partial charge in [0.2, 0.25) is 5.91 Å². The van der Waals surface area contributed by atoms with Crippen LogP contribution < -0.4 is 4.90 Å². The van der Waals surface area contributed by atoms with Crippen LogP contribution in [-0.4, -0.2) is 60.0 Å². The van der Waals surface area contributed by atoms with Crippen LogP contribution in [0.1, 0.15) is 51.5 Å². The number of hydrogen-bond acceptors (Lipinski definition) is 4. The molecule has 6 heteroatoms. The Labute approximate surface area is 181 Å². The summed E-state index contributed by atoms with van der Waals surface area (Å²) in [4.78, 5) is 20.3. The third-order valence-corrected chi connectivity index (χ3v) is 7.00. The third kappa shape index (κ3) is 4.54. The first kappa shape index (κ1) is 21.9. The number of carbonyl (C=O) groups excluding carboxylic acids is 1. The van der Waals surface area contributed by atoms with Gasteiger partial charge in [-0.2, -0.15) is 5.26 Å². The van der Waals surface area contributed by atoms with Crippen LogP contribution >= 0.6 is 12.4 Å². The normalized spacial score (nSPS) is 26.4. The van der Waals surface area contributed by atoms with Crippen LogP contribution in [0.3, 0.4) is 0 Å². The molecule has 0 spiro atoms. The Morgan fingerprint density at radius 1 is 1.00 bits per heavy atom. The van der Waals surface area contributed by atoms with Crippen molar-refractivity contribution in [3.05, 3.63) is 29.8 Å². The lowest BCUT2D eigenvalue weighted by Crippen LogP contribution is -2.63. The van der Waals surface area contributed by atoms with E-state index in [1.807, 2.05) is 24.3 Å². The molecule has 29 heavy (non-hydrogen) atoms. The SMILES string of the molecule is CC1CN(C(=O)C2CCN(c3ccc(C#N)cc3)CC2)C[C@H](C)N1C1CCC1.Cl. The van der Waals surface area contributed by atoms with Crippen LogP contribution in [0.5, 0.6) is 0 Å². The molecule has 2 aliphatic heterocycles. The molecule has 0 N–H and O–H groups in total. The molecule has 5 nitrogen and oxygen atoms in total. The minimum Gasteiger partial charge on any atom is -0.371 e. The van der Waals surface area contributed by atoms with Crippen LogP contribution in [0.25, 0.3) is 0 Å². The minimum atomic E-state index is 0. The molecule has 4 rings (SSSR count). The molecule has 0 bridgehead atoms. The van der Waals surface area contributed by atoms with E-state index in [4.69, 9.17) is 5.26 Å². The van der Waals surface area contributed by atoms with E-state index in [2.05, 4.69) is 34.6 Å². The Kier molecular flexibility index (Phi) is 7.08. The van der Waals surface area contributed by atoms with Crippen LogP contribution in [0.15, 0.2) is 24.3 Å². The Bertz CT molecular complexity index is 722. The van der Waals surface area contributed by atoms with Gasteiger partial charge in [0.05, 0.1) is 11.6 Å². The Hall–Kier alpha value is -1.77. The standard InChI is InChI=1S/C23H32N4O.ClH/c1-17-15-26(16-18(2)27(17)22-4-3-5-22)23(28)20-10-12-25(13-11-20)21-8-6-19(14-24)7-9-21;/h6-9,17-18,20,22H,3-5,10-13,15-16H2,1-2H3;1H/t17-,18?;/m0./s1. The topological polar surface area (TPSA) is 50.6 Å². The first-order chi connectivity index (χ1) is 13.6. The average molecular weight is 417 g/mol. The molecule has 3 fully saturated rings. The maximum Gasteiger partial charge on any atom is 0.225 e. The lowest BCUT2D eigenvalue weighted by Gasteiger charge is -2.51. The van der Waals surface area contributed by atoms with E-state index in [0.29, 0.717) is 23.6 Å². The highest BCUT2D eigenvalue weighted by Crippen LogP contribution is 2.32. The van der Waals surface area contributed by atoms with Crippen molar-refractivity contribution < 1.29 is 4.79 Å². The number of piperidine rings is 1. The highest BCUT2D eigenvalue weighted by molar-refractivity contribution is 5.85. The van der Waals surface area contributed by atoms with E-state index in [1.165, 1.54) is 19.3 Å². The maximum absolute atomic E-state index is 13.2. The molecule has 158 valence electrons. The van der Waals surface area contributed by atoms with Gasteiger partial charge < -0.3 is 9.80 Å². The first-order valence-electron chi connectivity index (χ1n) is 10.9. The molecule has 0 radical (unpaired) electrons. The zero-order valence-corrected chi connectivity index (χ0v) is 18.4. The van der Waals surface area contributed by atoms with E-state index in [1.54, 1.807) is 0 Å². The van der Waals surface area contributed by atoms with Gasteiger partial charge in [0.1, 0.15) is 0 Å². The summed E-state index contributed by atoms with van der Waals surface area (Å²) >= 11 is 0. The largest absolute Gasteiger partial charge is 0.371 e. The van der Waals surface area contributed by atoms with Crippen molar-refractivity contribution in [2.45, 2.75) is 64.1 Å². The van der Waals surface area contributed by atoms with Crippen LogP contribution in [0.2, 0.25) is 0 Å². The molecule has 1 saturated carbocycles. The molecule has 1 amide bonds. The second-order valence-corrected chi connectivity index (χ2v) is 8.89. The lowest BCUT2D eigenvalue weighted by atomic mass is 9.87. The molecule has 0 aromatic heterocycles. The average Bonchev–Trinajstić information content (AvgIpc) is 2.68. The van der Waals surface area contributed by atoms with Crippen molar-refractivity contribution in [2.75, 3.05) is 31.1 Å². The molecule has 2 saturated heterocycles. The van der Waals surface area contributed by atoms with Crippen molar-refractivity contribution in [1.82, 2.24) is 9.80 Å². The number of nitriles is 1. The van der Waals surface area contributed by atoms with Gasteiger partial charge in [-0.15, -0.1) is 12.4 Å². The highest BCUT2D eigenvalue weighted by Gasteiger charge is 2.39. The predicted octanol–water partition coefficient (Wildman–Crippen LogP) is 3.67. The summed E-state index contributed by atoms with van der Waals surface area (Å²) in [6.45, 7) is 8.18. The third-order valence-electron chi connectivity index (χ3n) is 7.00. The number of piperazine rings is 1. The smallest absolute Gasteiger partial charge is 0.225 e. The predicted molar refractivity (Wildman–Crippen MR) is 118 cm³/mol. The summed E-state index contributed by atoms with van der Waals surface area (Å²) in [6, 6.07) is 11.6. The van der Waals surface area contributed by atoms with E-state index >= 15 is 0 Å². The van der Waals surface area contributed by atoms with E-state index in [0.717, 1.165) is 50.7 Å². The molecule has 2 heterocycles. The minimum absolute atomic E-state index is 0. The second-order valence-electron chi connectivity index (χ2n) is 8.89. The Balaban J connectivity index is 0.00000240. The molecule has 2 atom stereocenters. The molecule has 1 aromatic rings. The number of amides is 1. The Morgan fingerprint density at radius 2 is 1.59 bits per heavy atom. The highest BCUT2D eigenvalue weighted by atomic mass is 35.5. The first-order valence-corrected chi connectivity index (χ1v) is 10.9. The van der Waals surface area contributed by atoms with E-state index in [-0.39, 0.29) is 18.3 Å². The summed E-state index contributed by atoms with van der Waals surface area (Å²) in [5.74, 6) is 0.524. The van der Waals surface area contributed by atoms with E-state index < -0.39 is 0 Å². The number of carbonyl (C=O) groups is 1. The number of anilines is 1. The van der Waals surface area contributed by atoms with E-state index in [9.17, 15) is 4.79 Å². The number of rotatable bonds is 3. The van der Waals surface area contributed by atoms with Gasteiger partial charge in [-0.25, -0.2) is 0 Å². The zero-order chi connectivity index (χ0) is 19.7. The molecule has 1 aliphatic carbocycles. The second kappa shape index (κ2) is 9.36. The number of benzene rings is 1. The van der Waals surface area contributed by atoms with Gasteiger partial charge in [-0.1, -0.05) is 6.42 Å². The van der Waals surface area contributed by atoms with Crippen molar-refractivity contribution in [3.63, 3.8) is 0 Å². The van der Waals surface area contributed by atoms with Crippen LogP contribution in [0, 0.1) is 17.2 Å². The van der Waals surface area contributed by atoms with Gasteiger partial charge in [-0.3, -0.25) is 9.69 Å². The molecule has 1 unspecified atom stereocenters. The molecular formula is C23H33ClN4O. The van der Waals surface area contributed by atoms with Gasteiger partial charge >= 0.3 is 0 Å². The number of nitrogens with zero attached hydrogens (tertiary/aromatic N) is 4. The van der Waals surface area contributed by atoms with Gasteiger partial charge in [-0.05, 0) is 63.8 Å². The molecule has 3 aliphatic rings.